The Balaban J connectivity index is 0.00000121. The number of amides is 1. The van der Waals surface area contributed by atoms with Gasteiger partial charge in [-0.05, 0) is 87.8 Å². The molecular formula is C31H37Cl2F2N3O5. The summed E-state index contributed by atoms with van der Waals surface area (Å²) in [6.07, 6.45) is 4.28. The predicted octanol–water partition coefficient (Wildman–Crippen LogP) is 7.69. The van der Waals surface area contributed by atoms with Crippen molar-refractivity contribution in [2.45, 2.75) is 51.5 Å². The highest BCUT2D eigenvalue weighted by molar-refractivity contribution is 6.32. The number of aromatic nitrogens is 1. The smallest absolute Gasteiger partial charge is 0.492 e. The number of nitrogens with one attached hydrogen (secondary N) is 1. The summed E-state index contributed by atoms with van der Waals surface area (Å²) in [7, 11) is 4.00. The van der Waals surface area contributed by atoms with E-state index < -0.39 is 17.8 Å². The number of ether oxygens (including phenoxy) is 1. The first kappa shape index (κ1) is 35.7. The first-order valence-electron chi connectivity index (χ1n) is 13.7. The van der Waals surface area contributed by atoms with Crippen LogP contribution < -0.4 is 10.1 Å². The Labute approximate surface area is 261 Å². The lowest BCUT2D eigenvalue weighted by Gasteiger charge is -2.23. The van der Waals surface area contributed by atoms with Gasteiger partial charge < -0.3 is 25.2 Å². The first-order valence-corrected chi connectivity index (χ1v) is 14.1. The van der Waals surface area contributed by atoms with Gasteiger partial charge in [-0.1, -0.05) is 36.9 Å². The van der Waals surface area contributed by atoms with E-state index >= 15 is 0 Å². The van der Waals surface area contributed by atoms with Crippen molar-refractivity contribution in [1.29, 1.82) is 0 Å². The number of benzene rings is 2. The van der Waals surface area contributed by atoms with Crippen molar-refractivity contribution in [2.24, 2.45) is 0 Å². The minimum Gasteiger partial charge on any atom is -0.492 e. The predicted molar refractivity (Wildman–Crippen MR) is 166 cm³/mol. The van der Waals surface area contributed by atoms with Crippen LogP contribution in [0.5, 0.6) is 5.75 Å². The first-order chi connectivity index (χ1) is 20.0. The molecule has 0 saturated heterocycles. The fourth-order valence-corrected chi connectivity index (χ4v) is 4.96. The fourth-order valence-electron chi connectivity index (χ4n) is 4.79. The lowest BCUT2D eigenvalue weighted by Crippen LogP contribution is -2.36. The molecule has 1 aromatic heterocycles. The number of hydrogen-bond acceptors (Lipinski definition) is 5. The van der Waals surface area contributed by atoms with E-state index in [0.717, 1.165) is 38.6 Å². The molecule has 1 amide bonds. The standard InChI is InChI=1S/C30H34ClF2N3O2.CH2O3.ClH/c1-19-16-25(32)26(33)18-23(19)22-11-13-27(30(37)34-21-8-5-4-6-9-21)35-29(22)20-10-12-24(31)28(17-20)38-15-7-14-36(2)3;2-1(3)4;/h10-13,16-18,21H,4-9,14-15H2,1-3H3,(H,34,37);(H2,2,3,4);1H. The number of carbonyl (C=O) groups is 2. The van der Waals surface area contributed by atoms with E-state index in [-0.39, 0.29) is 30.0 Å². The molecule has 3 aromatic rings. The Bertz CT molecular complexity index is 1400. The highest BCUT2D eigenvalue weighted by atomic mass is 35.5. The van der Waals surface area contributed by atoms with Crippen LogP contribution in [0.15, 0.2) is 42.5 Å². The summed E-state index contributed by atoms with van der Waals surface area (Å²) >= 11 is 6.42. The maximum Gasteiger partial charge on any atom is 0.503 e. The molecule has 12 heteroatoms. The van der Waals surface area contributed by atoms with Gasteiger partial charge in [-0.3, -0.25) is 4.79 Å². The number of hydrogen-bond donors (Lipinski definition) is 3. The summed E-state index contributed by atoms with van der Waals surface area (Å²) in [4.78, 5) is 28.5. The van der Waals surface area contributed by atoms with E-state index in [1.165, 1.54) is 18.6 Å². The van der Waals surface area contributed by atoms with Crippen molar-refractivity contribution < 1.29 is 33.3 Å². The van der Waals surface area contributed by atoms with Crippen LogP contribution in [0.4, 0.5) is 13.6 Å². The molecule has 1 saturated carbocycles. The van der Waals surface area contributed by atoms with Gasteiger partial charge >= 0.3 is 6.16 Å². The summed E-state index contributed by atoms with van der Waals surface area (Å²) in [5.41, 5.74) is 3.01. The van der Waals surface area contributed by atoms with E-state index in [1.807, 2.05) is 14.1 Å². The second kappa shape index (κ2) is 17.0. The normalized spacial score (nSPS) is 13.0. The lowest BCUT2D eigenvalue weighted by atomic mass is 9.94. The summed E-state index contributed by atoms with van der Waals surface area (Å²) in [6, 6.07) is 11.1. The summed E-state index contributed by atoms with van der Waals surface area (Å²) in [5, 5.41) is 17.5. The van der Waals surface area contributed by atoms with E-state index in [4.69, 9.17) is 36.3 Å². The Hall–Kier alpha value is -3.47. The van der Waals surface area contributed by atoms with Gasteiger partial charge in [0.05, 0.1) is 17.3 Å². The molecule has 0 aliphatic heterocycles. The zero-order chi connectivity index (χ0) is 30.8. The van der Waals surface area contributed by atoms with E-state index in [0.29, 0.717) is 45.3 Å². The molecular weight excluding hydrogens is 603 g/mol. The van der Waals surface area contributed by atoms with Gasteiger partial charge in [0.25, 0.3) is 5.91 Å². The van der Waals surface area contributed by atoms with E-state index in [2.05, 4.69) is 10.2 Å². The number of aryl methyl sites for hydroxylation is 1. The van der Waals surface area contributed by atoms with Gasteiger partial charge in [0.2, 0.25) is 0 Å². The molecule has 234 valence electrons. The zero-order valence-electron chi connectivity index (χ0n) is 24.3. The SMILES string of the molecule is Cc1cc(F)c(F)cc1-c1ccc(C(=O)NC2CCCCC2)nc1-c1ccc(Cl)c(OCCCN(C)C)c1.Cl.O=C(O)O. The van der Waals surface area contributed by atoms with Crippen LogP contribution >= 0.6 is 24.0 Å². The molecule has 43 heavy (non-hydrogen) atoms. The second-order valence-corrected chi connectivity index (χ2v) is 10.8. The van der Waals surface area contributed by atoms with Gasteiger partial charge in [0.1, 0.15) is 11.4 Å². The third kappa shape index (κ3) is 10.6. The zero-order valence-corrected chi connectivity index (χ0v) is 25.9. The van der Waals surface area contributed by atoms with Crippen LogP contribution in [0.2, 0.25) is 5.02 Å². The van der Waals surface area contributed by atoms with Crippen LogP contribution in [0.25, 0.3) is 22.4 Å². The second-order valence-electron chi connectivity index (χ2n) is 10.4. The monoisotopic (exact) mass is 639 g/mol. The molecule has 1 heterocycles. The van der Waals surface area contributed by atoms with Gasteiger partial charge in [-0.2, -0.15) is 0 Å². The maximum atomic E-state index is 14.3. The molecule has 0 atom stereocenters. The van der Waals surface area contributed by atoms with Crippen molar-refractivity contribution in [3.05, 3.63) is 70.4 Å². The Kier molecular flexibility index (Phi) is 14.1. The van der Waals surface area contributed by atoms with Crippen molar-refractivity contribution >= 4 is 36.1 Å². The van der Waals surface area contributed by atoms with Gasteiger partial charge in [-0.25, -0.2) is 18.6 Å². The number of nitrogens with zero attached hydrogens (tertiary/aromatic N) is 2. The van der Waals surface area contributed by atoms with Crippen molar-refractivity contribution in [1.82, 2.24) is 15.2 Å². The fraction of sp³-hybridized carbons (Fsp3) is 0.387. The van der Waals surface area contributed by atoms with Gasteiger partial charge in [0, 0.05) is 23.7 Å². The minimum absolute atomic E-state index is 0. The quantitative estimate of drug-likeness (QED) is 0.206. The molecule has 0 radical (unpaired) electrons. The third-order valence-corrected chi connectivity index (χ3v) is 7.15. The molecule has 1 aliphatic carbocycles. The van der Waals surface area contributed by atoms with Gasteiger partial charge in [0.15, 0.2) is 11.6 Å². The van der Waals surface area contributed by atoms with Crippen LogP contribution in [-0.2, 0) is 0 Å². The Morgan fingerprint density at radius 1 is 1.02 bits per heavy atom. The largest absolute Gasteiger partial charge is 0.503 e. The molecule has 1 aliphatic rings. The summed E-state index contributed by atoms with van der Waals surface area (Å²) < 4.78 is 34.2. The molecule has 4 rings (SSSR count). The molecule has 0 unspecified atom stereocenters. The molecule has 8 nitrogen and oxygen atoms in total. The number of rotatable bonds is 9. The molecule has 2 aromatic carbocycles. The van der Waals surface area contributed by atoms with Crippen molar-refractivity contribution in [3.63, 3.8) is 0 Å². The average Bonchev–Trinajstić information content (AvgIpc) is 2.94. The highest BCUT2D eigenvalue weighted by Crippen LogP contribution is 2.37. The van der Waals surface area contributed by atoms with Crippen LogP contribution in [-0.4, -0.2) is 65.4 Å². The number of halogens is 4. The Morgan fingerprint density at radius 3 is 2.33 bits per heavy atom. The van der Waals surface area contributed by atoms with Crippen molar-refractivity contribution in [2.75, 3.05) is 27.2 Å². The maximum absolute atomic E-state index is 14.3. The van der Waals surface area contributed by atoms with E-state index in [9.17, 15) is 13.6 Å². The highest BCUT2D eigenvalue weighted by Gasteiger charge is 2.21. The number of pyridine rings is 1. The van der Waals surface area contributed by atoms with Crippen LogP contribution in [0.3, 0.4) is 0 Å². The third-order valence-electron chi connectivity index (χ3n) is 6.84. The molecule has 0 spiro atoms. The van der Waals surface area contributed by atoms with Crippen LogP contribution in [0.1, 0.15) is 54.6 Å². The Morgan fingerprint density at radius 2 is 1.67 bits per heavy atom. The minimum atomic E-state index is -1.83. The van der Waals surface area contributed by atoms with E-state index in [1.54, 1.807) is 37.3 Å². The lowest BCUT2D eigenvalue weighted by molar-refractivity contribution is 0.0922. The molecule has 3 N–H and O–H groups in total. The topological polar surface area (TPSA) is 112 Å². The number of carbonyl (C=O) groups excluding carboxylic acids is 1. The number of carboxylic acid groups (broad SMARTS) is 2. The average molecular weight is 641 g/mol. The molecule has 1 fully saturated rings. The van der Waals surface area contributed by atoms with Crippen molar-refractivity contribution in [3.8, 4) is 28.1 Å². The summed E-state index contributed by atoms with van der Waals surface area (Å²) in [5.74, 6) is -1.61. The summed E-state index contributed by atoms with van der Waals surface area (Å²) in [6.45, 7) is 3.07. The molecule has 0 bridgehead atoms. The van der Waals surface area contributed by atoms with Crippen LogP contribution in [0, 0.1) is 18.6 Å². The van der Waals surface area contributed by atoms with Gasteiger partial charge in [-0.15, -0.1) is 12.4 Å².